The number of piperidine rings is 1. The smallest absolute Gasteiger partial charge is 0.123 e. The molecule has 1 unspecified atom stereocenters. The summed E-state index contributed by atoms with van der Waals surface area (Å²) in [5.74, 6) is 0.908. The van der Waals surface area contributed by atoms with E-state index in [1.165, 1.54) is 5.56 Å². The van der Waals surface area contributed by atoms with E-state index in [4.69, 9.17) is 4.74 Å². The van der Waals surface area contributed by atoms with Crippen LogP contribution in [0.25, 0.3) is 0 Å². The van der Waals surface area contributed by atoms with Gasteiger partial charge in [-0.2, -0.15) is 0 Å². The molecule has 1 fully saturated rings. The van der Waals surface area contributed by atoms with Crippen molar-refractivity contribution in [3.05, 3.63) is 29.3 Å². The minimum Gasteiger partial charge on any atom is -0.496 e. The number of hydrogen-bond acceptors (Lipinski definition) is 2. The van der Waals surface area contributed by atoms with E-state index >= 15 is 0 Å². The first-order valence-corrected chi connectivity index (χ1v) is 6.19. The maximum absolute atomic E-state index is 13.3. The molecule has 0 aromatic heterocycles. The molecule has 0 saturated carbocycles. The summed E-state index contributed by atoms with van der Waals surface area (Å²) in [7, 11) is 1.69. The molecule has 1 saturated heterocycles. The maximum atomic E-state index is 13.3. The Hall–Kier alpha value is -1.09. The molecule has 1 aliphatic rings. The molecule has 17 heavy (non-hydrogen) atoms. The number of nitrogens with zero attached hydrogens (tertiary/aromatic N) is 1. The largest absolute Gasteiger partial charge is 0.496 e. The highest BCUT2D eigenvalue weighted by molar-refractivity contribution is 5.37. The molecule has 1 atom stereocenters. The van der Waals surface area contributed by atoms with Gasteiger partial charge in [-0.3, -0.25) is 4.90 Å². The fraction of sp³-hybridized carbons (Fsp3) is 0.571. The van der Waals surface area contributed by atoms with Crippen molar-refractivity contribution < 1.29 is 9.13 Å². The zero-order valence-electron chi connectivity index (χ0n) is 10.6. The topological polar surface area (TPSA) is 12.5 Å². The van der Waals surface area contributed by atoms with Crippen LogP contribution in [0, 0.1) is 6.92 Å². The number of ether oxygens (including phenoxy) is 1. The molecule has 0 amide bonds. The molecule has 2 nitrogen and oxygen atoms in total. The van der Waals surface area contributed by atoms with Gasteiger partial charge in [-0.25, -0.2) is 4.39 Å². The van der Waals surface area contributed by atoms with Gasteiger partial charge in [0.15, 0.2) is 0 Å². The summed E-state index contributed by atoms with van der Waals surface area (Å²) in [5, 5.41) is 0. The highest BCUT2D eigenvalue weighted by Gasteiger charge is 2.19. The van der Waals surface area contributed by atoms with Gasteiger partial charge < -0.3 is 4.74 Å². The molecular weight excluding hydrogens is 217 g/mol. The normalized spacial score (nSPS) is 21.5. The monoisotopic (exact) mass is 237 g/mol. The van der Waals surface area contributed by atoms with Gasteiger partial charge in [0.05, 0.1) is 7.11 Å². The third-order valence-corrected chi connectivity index (χ3v) is 3.28. The van der Waals surface area contributed by atoms with Crippen molar-refractivity contribution in [1.29, 1.82) is 0 Å². The third kappa shape index (κ3) is 3.19. The molecule has 94 valence electrons. The van der Waals surface area contributed by atoms with Gasteiger partial charge >= 0.3 is 0 Å². The van der Waals surface area contributed by atoms with Gasteiger partial charge in [0, 0.05) is 18.7 Å². The summed E-state index contributed by atoms with van der Waals surface area (Å²) < 4.78 is 18.7. The predicted octanol–water partition coefficient (Wildman–Crippen LogP) is 2.94. The highest BCUT2D eigenvalue weighted by atomic mass is 19.1. The van der Waals surface area contributed by atoms with E-state index in [1.807, 2.05) is 13.0 Å². The second-order valence-corrected chi connectivity index (χ2v) is 4.79. The van der Waals surface area contributed by atoms with E-state index < -0.39 is 6.17 Å². The van der Waals surface area contributed by atoms with Gasteiger partial charge in [-0.15, -0.1) is 0 Å². The van der Waals surface area contributed by atoms with Crippen LogP contribution in [0.2, 0.25) is 0 Å². The summed E-state index contributed by atoms with van der Waals surface area (Å²) >= 11 is 0. The lowest BCUT2D eigenvalue weighted by atomic mass is 10.1. The molecule has 0 N–H and O–H groups in total. The van der Waals surface area contributed by atoms with Crippen LogP contribution in [0.15, 0.2) is 18.2 Å². The number of methoxy groups -OCH3 is 1. The van der Waals surface area contributed by atoms with Gasteiger partial charge in [0.1, 0.15) is 11.9 Å². The van der Waals surface area contributed by atoms with Crippen molar-refractivity contribution >= 4 is 0 Å². The number of alkyl halides is 1. The lowest BCUT2D eigenvalue weighted by molar-refractivity contribution is 0.132. The Morgan fingerprint density at radius 3 is 3.00 bits per heavy atom. The molecule has 0 bridgehead atoms. The summed E-state index contributed by atoms with van der Waals surface area (Å²) in [6.07, 6.45) is 0.997. The van der Waals surface area contributed by atoms with Crippen molar-refractivity contribution in [3.8, 4) is 5.75 Å². The zero-order valence-corrected chi connectivity index (χ0v) is 10.6. The minimum absolute atomic E-state index is 0.553. The van der Waals surface area contributed by atoms with Crippen LogP contribution in [-0.2, 0) is 6.54 Å². The zero-order chi connectivity index (χ0) is 12.3. The number of hydrogen-bond donors (Lipinski definition) is 0. The molecule has 0 aliphatic carbocycles. The summed E-state index contributed by atoms with van der Waals surface area (Å²) in [6.45, 7) is 4.36. The number of halogens is 1. The van der Waals surface area contributed by atoms with Crippen LogP contribution in [0.5, 0.6) is 5.75 Å². The van der Waals surface area contributed by atoms with Gasteiger partial charge in [0.2, 0.25) is 0 Å². The third-order valence-electron chi connectivity index (χ3n) is 3.28. The average molecular weight is 237 g/mol. The molecule has 1 heterocycles. The molecule has 0 radical (unpaired) electrons. The predicted molar refractivity (Wildman–Crippen MR) is 67.1 cm³/mol. The first-order chi connectivity index (χ1) is 8.19. The van der Waals surface area contributed by atoms with Crippen molar-refractivity contribution in [2.24, 2.45) is 0 Å². The summed E-state index contributed by atoms with van der Waals surface area (Å²) in [5.41, 5.74) is 2.33. The van der Waals surface area contributed by atoms with Gasteiger partial charge in [-0.05, 0) is 37.9 Å². The van der Waals surface area contributed by atoms with E-state index in [-0.39, 0.29) is 0 Å². The van der Waals surface area contributed by atoms with Crippen molar-refractivity contribution in [2.45, 2.75) is 32.5 Å². The quantitative estimate of drug-likeness (QED) is 0.801. The lowest BCUT2D eigenvalue weighted by Gasteiger charge is -2.29. The first kappa shape index (κ1) is 12.4. The molecule has 1 aromatic rings. The summed E-state index contributed by atoms with van der Waals surface area (Å²) in [4.78, 5) is 2.17. The molecule has 1 aromatic carbocycles. The second kappa shape index (κ2) is 5.50. The van der Waals surface area contributed by atoms with Crippen LogP contribution >= 0.6 is 0 Å². The SMILES string of the molecule is COc1cc(C)ccc1CN1CCCC(F)C1. The average Bonchev–Trinajstić information content (AvgIpc) is 2.31. The molecule has 2 rings (SSSR count). The second-order valence-electron chi connectivity index (χ2n) is 4.79. The Labute approximate surface area is 102 Å². The number of benzene rings is 1. The van der Waals surface area contributed by atoms with Crippen LogP contribution in [0.1, 0.15) is 24.0 Å². The Morgan fingerprint density at radius 2 is 2.29 bits per heavy atom. The van der Waals surface area contributed by atoms with E-state index in [9.17, 15) is 4.39 Å². The highest BCUT2D eigenvalue weighted by Crippen LogP contribution is 2.23. The van der Waals surface area contributed by atoms with Crippen molar-refractivity contribution in [1.82, 2.24) is 4.90 Å². The van der Waals surface area contributed by atoms with E-state index in [1.54, 1.807) is 7.11 Å². The maximum Gasteiger partial charge on any atom is 0.123 e. The van der Waals surface area contributed by atoms with Crippen LogP contribution in [-0.4, -0.2) is 31.3 Å². The minimum atomic E-state index is -0.666. The Morgan fingerprint density at radius 1 is 1.47 bits per heavy atom. The first-order valence-electron chi connectivity index (χ1n) is 6.19. The van der Waals surface area contributed by atoms with E-state index in [2.05, 4.69) is 17.0 Å². The van der Waals surface area contributed by atoms with Crippen LogP contribution in [0.3, 0.4) is 0 Å². The number of likely N-dealkylation sites (tertiary alicyclic amines) is 1. The summed E-state index contributed by atoms with van der Waals surface area (Å²) in [6, 6.07) is 6.19. The van der Waals surface area contributed by atoms with Gasteiger partial charge in [0.25, 0.3) is 0 Å². The van der Waals surface area contributed by atoms with Crippen LogP contribution in [0.4, 0.5) is 4.39 Å². The lowest BCUT2D eigenvalue weighted by Crippen LogP contribution is -2.35. The van der Waals surface area contributed by atoms with Gasteiger partial charge in [-0.1, -0.05) is 12.1 Å². The Balaban J connectivity index is 2.07. The Kier molecular flexibility index (Phi) is 4.00. The van der Waals surface area contributed by atoms with E-state index in [0.717, 1.165) is 30.8 Å². The molecule has 0 spiro atoms. The molecule has 1 aliphatic heterocycles. The van der Waals surface area contributed by atoms with Crippen molar-refractivity contribution in [3.63, 3.8) is 0 Å². The van der Waals surface area contributed by atoms with Crippen molar-refractivity contribution in [2.75, 3.05) is 20.2 Å². The Bertz CT molecular complexity index is 380. The number of rotatable bonds is 3. The number of aryl methyl sites for hydroxylation is 1. The van der Waals surface area contributed by atoms with Crippen LogP contribution < -0.4 is 4.74 Å². The molecule has 3 heteroatoms. The standard InChI is InChI=1S/C14H20FNO/c1-11-5-6-12(14(8-11)17-2)9-16-7-3-4-13(15)10-16/h5-6,8,13H,3-4,7,9-10H2,1-2H3. The van der Waals surface area contributed by atoms with E-state index in [0.29, 0.717) is 13.0 Å². The fourth-order valence-electron chi connectivity index (χ4n) is 2.37. The fourth-order valence-corrected chi connectivity index (χ4v) is 2.37. The molecular formula is C14H20FNO.